The predicted molar refractivity (Wildman–Crippen MR) is 88.8 cm³/mol. The van der Waals surface area contributed by atoms with E-state index in [0.29, 0.717) is 6.54 Å². The monoisotopic (exact) mass is 332 g/mol. The minimum absolute atomic E-state index is 0.0348. The van der Waals surface area contributed by atoms with Gasteiger partial charge in [0.2, 0.25) is 0 Å². The van der Waals surface area contributed by atoms with Crippen LogP contribution in [0.3, 0.4) is 0 Å². The zero-order chi connectivity index (χ0) is 16.3. The summed E-state index contributed by atoms with van der Waals surface area (Å²) in [5.41, 5.74) is 2.34. The maximum Gasteiger partial charge on any atom is 0.259 e. The van der Waals surface area contributed by atoms with E-state index < -0.39 is 10.0 Å². The number of anilines is 1. The molecule has 1 aromatic heterocycles. The molecule has 3 rings (SSSR count). The zero-order valence-corrected chi connectivity index (χ0v) is 13.8. The molecule has 0 radical (unpaired) electrons. The number of rotatable bonds is 4. The van der Waals surface area contributed by atoms with Gasteiger partial charge in [0.25, 0.3) is 10.0 Å². The van der Waals surface area contributed by atoms with Crippen LogP contribution in [-0.2, 0) is 10.0 Å². The standard InChI is InChI=1S/C16H20N4O2S/c1-13-4-6-15(7-5-13)20-10-2-3-14(12-20)19-23(21,22)16-11-17-8-9-18-16/h4-9,11,14,19H,2-3,10,12H2,1H3. The van der Waals surface area contributed by atoms with Crippen LogP contribution in [0, 0.1) is 6.92 Å². The molecular weight excluding hydrogens is 312 g/mol. The minimum atomic E-state index is -3.62. The summed E-state index contributed by atoms with van der Waals surface area (Å²) in [6, 6.07) is 8.17. The molecule has 1 aliphatic rings. The van der Waals surface area contributed by atoms with Crippen LogP contribution < -0.4 is 9.62 Å². The van der Waals surface area contributed by atoms with Crippen molar-refractivity contribution >= 4 is 15.7 Å². The Kier molecular flexibility index (Phi) is 4.58. The van der Waals surface area contributed by atoms with Crippen LogP contribution in [0.4, 0.5) is 5.69 Å². The fraction of sp³-hybridized carbons (Fsp3) is 0.375. The molecule has 0 bridgehead atoms. The van der Waals surface area contributed by atoms with Gasteiger partial charge in [0, 0.05) is 37.2 Å². The number of hydrogen-bond donors (Lipinski definition) is 1. The number of aryl methyl sites for hydroxylation is 1. The molecule has 1 fully saturated rings. The van der Waals surface area contributed by atoms with Gasteiger partial charge in [-0.3, -0.25) is 4.98 Å². The summed E-state index contributed by atoms with van der Waals surface area (Å²) in [6.07, 6.45) is 5.87. The maximum absolute atomic E-state index is 12.4. The Hall–Kier alpha value is -1.99. The Morgan fingerprint density at radius 1 is 1.22 bits per heavy atom. The second kappa shape index (κ2) is 6.64. The normalized spacial score (nSPS) is 18.8. The molecule has 1 aromatic carbocycles. The number of nitrogens with one attached hydrogen (secondary N) is 1. The topological polar surface area (TPSA) is 75.2 Å². The SMILES string of the molecule is Cc1ccc(N2CCCC(NS(=O)(=O)c3cnccn3)C2)cc1. The molecule has 6 nitrogen and oxygen atoms in total. The summed E-state index contributed by atoms with van der Waals surface area (Å²) in [7, 11) is -3.62. The van der Waals surface area contributed by atoms with E-state index >= 15 is 0 Å². The fourth-order valence-corrected chi connectivity index (χ4v) is 3.92. The van der Waals surface area contributed by atoms with Crippen LogP contribution in [0.5, 0.6) is 0 Å². The summed E-state index contributed by atoms with van der Waals surface area (Å²) >= 11 is 0. The third-order valence-corrected chi connectivity index (χ3v) is 5.36. The van der Waals surface area contributed by atoms with E-state index in [0.717, 1.165) is 25.1 Å². The average Bonchev–Trinajstić information content (AvgIpc) is 2.56. The first-order valence-corrected chi connectivity index (χ1v) is 9.13. The summed E-state index contributed by atoms with van der Waals surface area (Å²) < 4.78 is 27.5. The van der Waals surface area contributed by atoms with Crippen LogP contribution >= 0.6 is 0 Å². The second-order valence-electron chi connectivity index (χ2n) is 5.79. The van der Waals surface area contributed by atoms with Crippen molar-refractivity contribution < 1.29 is 8.42 Å². The van der Waals surface area contributed by atoms with Crippen molar-refractivity contribution in [1.29, 1.82) is 0 Å². The van der Waals surface area contributed by atoms with Crippen molar-refractivity contribution in [1.82, 2.24) is 14.7 Å². The van der Waals surface area contributed by atoms with Gasteiger partial charge in [-0.2, -0.15) is 0 Å². The Morgan fingerprint density at radius 2 is 2.00 bits per heavy atom. The van der Waals surface area contributed by atoms with Crippen molar-refractivity contribution in [2.75, 3.05) is 18.0 Å². The number of piperidine rings is 1. The maximum atomic E-state index is 12.4. The molecular formula is C16H20N4O2S. The smallest absolute Gasteiger partial charge is 0.259 e. The van der Waals surface area contributed by atoms with Crippen LogP contribution in [0.15, 0.2) is 47.9 Å². The van der Waals surface area contributed by atoms with Gasteiger partial charge in [-0.1, -0.05) is 17.7 Å². The van der Waals surface area contributed by atoms with Crippen LogP contribution in [0.25, 0.3) is 0 Å². The molecule has 122 valence electrons. The summed E-state index contributed by atoms with van der Waals surface area (Å²) in [6.45, 7) is 3.65. The molecule has 7 heteroatoms. The van der Waals surface area contributed by atoms with E-state index in [4.69, 9.17) is 0 Å². The van der Waals surface area contributed by atoms with Crippen LogP contribution in [0.1, 0.15) is 18.4 Å². The summed E-state index contributed by atoms with van der Waals surface area (Å²) in [4.78, 5) is 9.91. The highest BCUT2D eigenvalue weighted by molar-refractivity contribution is 7.89. The Labute approximate surface area is 136 Å². The molecule has 0 aliphatic carbocycles. The molecule has 0 amide bonds. The average molecular weight is 332 g/mol. The largest absolute Gasteiger partial charge is 0.370 e. The van der Waals surface area contributed by atoms with Crippen molar-refractivity contribution in [3.63, 3.8) is 0 Å². The van der Waals surface area contributed by atoms with Crippen molar-refractivity contribution in [3.8, 4) is 0 Å². The predicted octanol–water partition coefficient (Wildman–Crippen LogP) is 1.73. The molecule has 1 aliphatic heterocycles. The number of sulfonamides is 1. The van der Waals surface area contributed by atoms with Crippen molar-refractivity contribution in [2.24, 2.45) is 0 Å². The van der Waals surface area contributed by atoms with Gasteiger partial charge >= 0.3 is 0 Å². The van der Waals surface area contributed by atoms with E-state index in [1.807, 2.05) is 0 Å². The molecule has 2 aromatic rings. The third-order valence-electron chi connectivity index (χ3n) is 3.96. The number of nitrogens with zero attached hydrogens (tertiary/aromatic N) is 3. The van der Waals surface area contributed by atoms with Gasteiger partial charge < -0.3 is 4.90 Å². The summed E-state index contributed by atoms with van der Waals surface area (Å²) in [5, 5.41) is -0.0348. The molecule has 1 atom stereocenters. The lowest BCUT2D eigenvalue weighted by Crippen LogP contribution is -2.47. The lowest BCUT2D eigenvalue weighted by molar-refractivity contribution is 0.465. The fourth-order valence-electron chi connectivity index (χ4n) is 2.77. The number of benzene rings is 1. The van der Waals surface area contributed by atoms with Gasteiger partial charge in [0.15, 0.2) is 5.03 Å². The summed E-state index contributed by atoms with van der Waals surface area (Å²) in [5.74, 6) is 0. The molecule has 1 unspecified atom stereocenters. The lowest BCUT2D eigenvalue weighted by atomic mass is 10.1. The number of aromatic nitrogens is 2. The van der Waals surface area contributed by atoms with Crippen molar-refractivity contribution in [3.05, 3.63) is 48.4 Å². The molecule has 23 heavy (non-hydrogen) atoms. The van der Waals surface area contributed by atoms with Gasteiger partial charge in [0.05, 0.1) is 6.20 Å². The Morgan fingerprint density at radius 3 is 2.70 bits per heavy atom. The van der Waals surface area contributed by atoms with Gasteiger partial charge in [-0.15, -0.1) is 0 Å². The first kappa shape index (κ1) is 15.9. The van der Waals surface area contributed by atoms with Gasteiger partial charge in [0.1, 0.15) is 0 Å². The quantitative estimate of drug-likeness (QED) is 0.923. The van der Waals surface area contributed by atoms with Gasteiger partial charge in [-0.25, -0.2) is 18.1 Å². The van der Waals surface area contributed by atoms with E-state index in [-0.39, 0.29) is 11.1 Å². The Balaban J connectivity index is 1.70. The van der Waals surface area contributed by atoms with Crippen LogP contribution in [-0.4, -0.2) is 37.5 Å². The molecule has 2 heterocycles. The first-order valence-electron chi connectivity index (χ1n) is 7.64. The Bertz CT molecular complexity index is 747. The van der Waals surface area contributed by atoms with Crippen LogP contribution in [0.2, 0.25) is 0 Å². The molecule has 1 N–H and O–H groups in total. The van der Waals surface area contributed by atoms with E-state index in [1.54, 1.807) is 0 Å². The highest BCUT2D eigenvalue weighted by Gasteiger charge is 2.26. The second-order valence-corrected chi connectivity index (χ2v) is 7.45. The minimum Gasteiger partial charge on any atom is -0.370 e. The van der Waals surface area contributed by atoms with Gasteiger partial charge in [-0.05, 0) is 31.9 Å². The first-order chi connectivity index (χ1) is 11.0. The molecule has 0 saturated carbocycles. The highest BCUT2D eigenvalue weighted by Crippen LogP contribution is 2.21. The van der Waals surface area contributed by atoms with E-state index in [1.165, 1.54) is 24.2 Å². The van der Waals surface area contributed by atoms with Crippen molar-refractivity contribution in [2.45, 2.75) is 30.8 Å². The van der Waals surface area contributed by atoms with E-state index in [9.17, 15) is 8.42 Å². The third kappa shape index (κ3) is 3.86. The van der Waals surface area contributed by atoms with E-state index in [2.05, 4.69) is 50.8 Å². The molecule has 0 spiro atoms. The zero-order valence-electron chi connectivity index (χ0n) is 13.0. The lowest BCUT2D eigenvalue weighted by Gasteiger charge is -2.34. The number of hydrogen-bond acceptors (Lipinski definition) is 5. The molecule has 1 saturated heterocycles. The highest BCUT2D eigenvalue weighted by atomic mass is 32.2.